The molecule has 0 spiro atoms. The summed E-state index contributed by atoms with van der Waals surface area (Å²) < 4.78 is 10.6. The van der Waals surface area contributed by atoms with E-state index in [9.17, 15) is 9.59 Å². The molecule has 0 radical (unpaired) electrons. The molecular weight excluding hydrogens is 342 g/mol. The van der Waals surface area contributed by atoms with Crippen molar-refractivity contribution in [2.75, 3.05) is 20.3 Å². The number of carbonyl (C=O) groups excluding carboxylic acids is 2. The number of amides is 1. The van der Waals surface area contributed by atoms with Crippen LogP contribution >= 0.6 is 0 Å². The first-order valence-corrected chi connectivity index (χ1v) is 9.28. The van der Waals surface area contributed by atoms with Crippen molar-refractivity contribution in [3.63, 3.8) is 0 Å². The molecule has 0 unspecified atom stereocenters. The molecule has 142 valence electrons. The molecule has 0 N–H and O–H groups in total. The van der Waals surface area contributed by atoms with Crippen LogP contribution in [0.1, 0.15) is 35.7 Å². The molecule has 1 aliphatic heterocycles. The Hall–Kier alpha value is -2.82. The van der Waals surface area contributed by atoms with Crippen molar-refractivity contribution in [1.29, 1.82) is 0 Å². The summed E-state index contributed by atoms with van der Waals surface area (Å²) in [6, 6.07) is 16.8. The van der Waals surface area contributed by atoms with Gasteiger partial charge in [0, 0.05) is 18.5 Å². The Morgan fingerprint density at radius 3 is 2.41 bits per heavy atom. The number of benzene rings is 2. The fraction of sp³-hybridized carbons (Fsp3) is 0.364. The van der Waals surface area contributed by atoms with Gasteiger partial charge in [-0.05, 0) is 49.6 Å². The van der Waals surface area contributed by atoms with Gasteiger partial charge in [-0.15, -0.1) is 0 Å². The van der Waals surface area contributed by atoms with Crippen LogP contribution in [-0.2, 0) is 16.0 Å². The van der Waals surface area contributed by atoms with Crippen LogP contribution in [0.15, 0.2) is 54.6 Å². The fourth-order valence-corrected chi connectivity index (χ4v) is 3.73. The Kier molecular flexibility index (Phi) is 5.79. The van der Waals surface area contributed by atoms with Gasteiger partial charge in [-0.25, -0.2) is 4.79 Å². The largest absolute Gasteiger partial charge is 0.497 e. The first-order valence-electron chi connectivity index (χ1n) is 9.28. The smallest absolute Gasteiger partial charge is 0.332 e. The summed E-state index contributed by atoms with van der Waals surface area (Å²) in [6.07, 6.45) is 1.82. The van der Waals surface area contributed by atoms with Gasteiger partial charge in [-0.3, -0.25) is 4.79 Å². The van der Waals surface area contributed by atoms with Gasteiger partial charge in [-0.1, -0.05) is 30.3 Å². The van der Waals surface area contributed by atoms with Crippen LogP contribution in [0, 0.1) is 0 Å². The summed E-state index contributed by atoms with van der Waals surface area (Å²) in [7, 11) is 1.59. The lowest BCUT2D eigenvalue weighted by Gasteiger charge is -2.36. The predicted octanol–water partition coefficient (Wildman–Crippen LogP) is 3.48. The van der Waals surface area contributed by atoms with E-state index in [1.165, 1.54) is 0 Å². The zero-order valence-corrected chi connectivity index (χ0v) is 15.8. The van der Waals surface area contributed by atoms with Crippen LogP contribution in [0.4, 0.5) is 0 Å². The van der Waals surface area contributed by atoms with E-state index in [-0.39, 0.29) is 11.9 Å². The first kappa shape index (κ1) is 19.0. The molecule has 0 bridgehead atoms. The molecule has 3 rings (SSSR count). The fourth-order valence-electron chi connectivity index (χ4n) is 3.73. The van der Waals surface area contributed by atoms with E-state index in [2.05, 4.69) is 0 Å². The minimum atomic E-state index is -0.964. The van der Waals surface area contributed by atoms with Gasteiger partial charge in [-0.2, -0.15) is 0 Å². The topological polar surface area (TPSA) is 55.8 Å². The zero-order valence-electron chi connectivity index (χ0n) is 15.8. The number of rotatable bonds is 6. The summed E-state index contributed by atoms with van der Waals surface area (Å²) in [5.41, 5.74) is 0.591. The lowest BCUT2D eigenvalue weighted by molar-refractivity contribution is -0.154. The second-order valence-electron chi connectivity index (χ2n) is 6.70. The standard InChI is InChI=1S/C22H25NO4/c1-3-27-21(25)22(16-17-8-5-4-6-9-17)14-7-15-23(22)20(24)18-10-12-19(26-2)13-11-18/h4-6,8-13H,3,7,14-16H2,1-2H3/t22-/m1/s1. The SMILES string of the molecule is CCOC(=O)[C@]1(Cc2ccccc2)CCCN1C(=O)c1ccc(OC)cc1. The highest BCUT2D eigenvalue weighted by atomic mass is 16.5. The number of ether oxygens (including phenoxy) is 2. The number of nitrogens with zero attached hydrogens (tertiary/aromatic N) is 1. The maximum atomic E-state index is 13.2. The molecule has 5 heteroatoms. The van der Waals surface area contributed by atoms with Gasteiger partial charge in [0.25, 0.3) is 5.91 Å². The van der Waals surface area contributed by atoms with Crippen LogP contribution in [-0.4, -0.2) is 42.6 Å². The molecule has 1 amide bonds. The van der Waals surface area contributed by atoms with Crippen LogP contribution in [0.2, 0.25) is 0 Å². The lowest BCUT2D eigenvalue weighted by Crippen LogP contribution is -2.55. The summed E-state index contributed by atoms with van der Waals surface area (Å²) >= 11 is 0. The average molecular weight is 367 g/mol. The van der Waals surface area contributed by atoms with E-state index in [0.29, 0.717) is 37.3 Å². The van der Waals surface area contributed by atoms with Crippen molar-refractivity contribution in [3.05, 3.63) is 65.7 Å². The summed E-state index contributed by atoms with van der Waals surface area (Å²) in [5, 5.41) is 0. The van der Waals surface area contributed by atoms with Crippen molar-refractivity contribution in [1.82, 2.24) is 4.90 Å². The van der Waals surface area contributed by atoms with E-state index < -0.39 is 5.54 Å². The molecule has 0 aliphatic carbocycles. The number of hydrogen-bond donors (Lipinski definition) is 0. The summed E-state index contributed by atoms with van der Waals surface area (Å²) in [4.78, 5) is 27.9. The van der Waals surface area contributed by atoms with Gasteiger partial charge in [0.1, 0.15) is 11.3 Å². The van der Waals surface area contributed by atoms with E-state index in [1.54, 1.807) is 43.2 Å². The highest BCUT2D eigenvalue weighted by Crippen LogP contribution is 2.35. The second-order valence-corrected chi connectivity index (χ2v) is 6.70. The van der Waals surface area contributed by atoms with Gasteiger partial charge in [0.2, 0.25) is 0 Å². The van der Waals surface area contributed by atoms with Crippen LogP contribution in [0.25, 0.3) is 0 Å². The van der Waals surface area contributed by atoms with Crippen molar-refractivity contribution in [3.8, 4) is 5.75 Å². The first-order chi connectivity index (χ1) is 13.1. The molecular formula is C22H25NO4. The molecule has 2 aromatic rings. The molecule has 1 heterocycles. The Bertz CT molecular complexity index is 788. The molecule has 1 atom stereocenters. The van der Waals surface area contributed by atoms with Gasteiger partial charge < -0.3 is 14.4 Å². The number of esters is 1. The third-order valence-corrected chi connectivity index (χ3v) is 5.07. The molecule has 27 heavy (non-hydrogen) atoms. The highest BCUT2D eigenvalue weighted by molar-refractivity contribution is 5.98. The predicted molar refractivity (Wildman–Crippen MR) is 103 cm³/mol. The number of likely N-dealkylation sites (tertiary alicyclic amines) is 1. The van der Waals surface area contributed by atoms with E-state index >= 15 is 0 Å². The van der Waals surface area contributed by atoms with Gasteiger partial charge in [0.05, 0.1) is 13.7 Å². The van der Waals surface area contributed by atoms with Crippen molar-refractivity contribution in [2.45, 2.75) is 31.7 Å². The number of methoxy groups -OCH3 is 1. The molecule has 1 saturated heterocycles. The molecule has 2 aromatic carbocycles. The van der Waals surface area contributed by atoms with Crippen LogP contribution in [0.3, 0.4) is 0 Å². The minimum Gasteiger partial charge on any atom is -0.497 e. The van der Waals surface area contributed by atoms with Crippen molar-refractivity contribution < 1.29 is 19.1 Å². The third-order valence-electron chi connectivity index (χ3n) is 5.07. The van der Waals surface area contributed by atoms with Gasteiger partial charge in [0.15, 0.2) is 0 Å². The van der Waals surface area contributed by atoms with Crippen LogP contribution < -0.4 is 4.74 Å². The summed E-state index contributed by atoms with van der Waals surface area (Å²) in [6.45, 7) is 2.62. The van der Waals surface area contributed by atoms with Gasteiger partial charge >= 0.3 is 5.97 Å². The van der Waals surface area contributed by atoms with E-state index in [0.717, 1.165) is 12.0 Å². The maximum absolute atomic E-state index is 13.2. The van der Waals surface area contributed by atoms with Crippen molar-refractivity contribution >= 4 is 11.9 Å². The Balaban J connectivity index is 1.95. The second kappa shape index (κ2) is 8.25. The normalized spacial score (nSPS) is 19.0. The molecule has 1 aliphatic rings. The molecule has 1 fully saturated rings. The van der Waals surface area contributed by atoms with E-state index in [4.69, 9.17) is 9.47 Å². The molecule has 0 saturated carbocycles. The van der Waals surface area contributed by atoms with Crippen LogP contribution in [0.5, 0.6) is 5.75 Å². The monoisotopic (exact) mass is 367 g/mol. The minimum absolute atomic E-state index is 0.154. The Morgan fingerprint density at radius 2 is 1.78 bits per heavy atom. The Morgan fingerprint density at radius 1 is 1.07 bits per heavy atom. The third kappa shape index (κ3) is 3.82. The Labute approximate surface area is 159 Å². The highest BCUT2D eigenvalue weighted by Gasteiger charge is 2.51. The van der Waals surface area contributed by atoms with Crippen molar-refractivity contribution in [2.24, 2.45) is 0 Å². The van der Waals surface area contributed by atoms with E-state index in [1.807, 2.05) is 30.3 Å². The quantitative estimate of drug-likeness (QED) is 0.734. The lowest BCUT2D eigenvalue weighted by atomic mass is 9.87. The maximum Gasteiger partial charge on any atom is 0.332 e. The average Bonchev–Trinajstić information content (AvgIpc) is 3.13. The molecule has 5 nitrogen and oxygen atoms in total. The number of hydrogen-bond acceptors (Lipinski definition) is 4. The zero-order chi connectivity index (χ0) is 19.3. The summed E-state index contributed by atoms with van der Waals surface area (Å²) in [5.74, 6) is 0.210. The molecule has 0 aromatic heterocycles. The number of carbonyl (C=O) groups is 2.